The Kier molecular flexibility index (Phi) is 5.02. The first-order chi connectivity index (χ1) is 11.0. The van der Waals surface area contributed by atoms with Crippen LogP contribution in [0.1, 0.15) is 10.4 Å². The number of nitro groups is 1. The molecule has 0 N–H and O–H groups in total. The monoisotopic (exact) mass is 337 g/mol. The fourth-order valence-electron chi connectivity index (χ4n) is 1.85. The van der Waals surface area contributed by atoms with E-state index in [0.717, 1.165) is 6.07 Å². The van der Waals surface area contributed by atoms with E-state index in [2.05, 4.69) is 0 Å². The van der Waals surface area contributed by atoms with E-state index in [-0.39, 0.29) is 22.0 Å². The number of esters is 1. The van der Waals surface area contributed by atoms with Crippen molar-refractivity contribution in [3.63, 3.8) is 0 Å². The molecule has 120 valence electrons. The molecule has 0 aliphatic carbocycles. The zero-order chi connectivity index (χ0) is 17.0. The summed E-state index contributed by atoms with van der Waals surface area (Å²) in [7, 11) is 2.84. The number of halogens is 1. The zero-order valence-corrected chi connectivity index (χ0v) is 13.0. The third kappa shape index (κ3) is 3.51. The summed E-state index contributed by atoms with van der Waals surface area (Å²) in [4.78, 5) is 22.3. The molecule has 0 saturated heterocycles. The molecule has 0 aromatic heterocycles. The highest BCUT2D eigenvalue weighted by molar-refractivity contribution is 6.33. The first-order valence-electron chi connectivity index (χ1n) is 6.35. The molecule has 23 heavy (non-hydrogen) atoms. The summed E-state index contributed by atoms with van der Waals surface area (Å²) in [6.07, 6.45) is 0. The number of carbonyl (C=O) groups is 1. The Morgan fingerprint density at radius 3 is 2.22 bits per heavy atom. The second kappa shape index (κ2) is 6.97. The van der Waals surface area contributed by atoms with Gasteiger partial charge in [-0.2, -0.15) is 0 Å². The van der Waals surface area contributed by atoms with E-state index < -0.39 is 10.9 Å². The second-order valence-corrected chi connectivity index (χ2v) is 4.71. The van der Waals surface area contributed by atoms with Gasteiger partial charge in [-0.15, -0.1) is 0 Å². The normalized spacial score (nSPS) is 10.0. The fraction of sp³-hybridized carbons (Fsp3) is 0.133. The number of rotatable bonds is 5. The summed E-state index contributed by atoms with van der Waals surface area (Å²) in [6, 6.07) is 8.35. The number of hydrogen-bond acceptors (Lipinski definition) is 6. The van der Waals surface area contributed by atoms with Crippen LogP contribution in [0.15, 0.2) is 36.4 Å². The maximum Gasteiger partial charge on any atom is 0.345 e. The van der Waals surface area contributed by atoms with E-state index in [4.69, 9.17) is 25.8 Å². The Bertz CT molecular complexity index is 739. The molecule has 8 heteroatoms. The van der Waals surface area contributed by atoms with Crippen molar-refractivity contribution in [2.24, 2.45) is 0 Å². The van der Waals surface area contributed by atoms with Crippen molar-refractivity contribution in [2.45, 2.75) is 0 Å². The molecule has 2 rings (SSSR count). The Morgan fingerprint density at radius 2 is 1.74 bits per heavy atom. The molecular formula is C15H12ClNO6. The minimum absolute atomic E-state index is 0.00905. The van der Waals surface area contributed by atoms with Crippen LogP contribution >= 0.6 is 11.6 Å². The van der Waals surface area contributed by atoms with Crippen molar-refractivity contribution in [1.29, 1.82) is 0 Å². The highest BCUT2D eigenvalue weighted by atomic mass is 35.5. The molecule has 0 saturated carbocycles. The average Bonchev–Trinajstić information content (AvgIpc) is 2.54. The summed E-state index contributed by atoms with van der Waals surface area (Å²) in [5, 5.41) is 10.6. The third-order valence-corrected chi connectivity index (χ3v) is 3.27. The van der Waals surface area contributed by atoms with Crippen LogP contribution in [0.5, 0.6) is 17.2 Å². The Labute approximate surface area is 136 Å². The number of benzene rings is 2. The quantitative estimate of drug-likeness (QED) is 0.359. The molecule has 0 amide bonds. The van der Waals surface area contributed by atoms with Gasteiger partial charge < -0.3 is 14.2 Å². The van der Waals surface area contributed by atoms with E-state index in [0.29, 0.717) is 11.5 Å². The maximum absolute atomic E-state index is 12.3. The molecule has 0 atom stereocenters. The van der Waals surface area contributed by atoms with Gasteiger partial charge in [0.15, 0.2) is 11.5 Å². The van der Waals surface area contributed by atoms with Crippen molar-refractivity contribution in [1.82, 2.24) is 0 Å². The number of ether oxygens (including phenoxy) is 3. The third-order valence-electron chi connectivity index (χ3n) is 2.96. The van der Waals surface area contributed by atoms with Gasteiger partial charge in [0.05, 0.1) is 29.7 Å². The molecule has 0 bridgehead atoms. The van der Waals surface area contributed by atoms with E-state index in [9.17, 15) is 14.9 Å². The van der Waals surface area contributed by atoms with Gasteiger partial charge in [0.2, 0.25) is 5.75 Å². The van der Waals surface area contributed by atoms with Crippen LogP contribution in [0.4, 0.5) is 5.69 Å². The van der Waals surface area contributed by atoms with Crippen LogP contribution in [0.2, 0.25) is 5.02 Å². The van der Waals surface area contributed by atoms with Gasteiger partial charge in [0, 0.05) is 12.1 Å². The number of para-hydroxylation sites is 1. The molecule has 0 heterocycles. The fourth-order valence-corrected chi connectivity index (χ4v) is 2.10. The minimum atomic E-state index is -0.785. The Morgan fingerprint density at radius 1 is 1.13 bits per heavy atom. The van der Waals surface area contributed by atoms with E-state index in [1.807, 2.05) is 0 Å². The van der Waals surface area contributed by atoms with Gasteiger partial charge in [0.1, 0.15) is 0 Å². The molecule has 2 aromatic rings. The number of hydrogen-bond donors (Lipinski definition) is 0. The number of methoxy groups -OCH3 is 2. The summed E-state index contributed by atoms with van der Waals surface area (Å²) >= 11 is 5.91. The van der Waals surface area contributed by atoms with E-state index in [1.165, 1.54) is 26.4 Å². The largest absolute Gasteiger partial charge is 0.493 e. The highest BCUT2D eigenvalue weighted by Gasteiger charge is 2.20. The number of carbonyl (C=O) groups excluding carboxylic acids is 1. The maximum atomic E-state index is 12.3. The van der Waals surface area contributed by atoms with Gasteiger partial charge >= 0.3 is 5.97 Å². The Balaban J connectivity index is 2.35. The minimum Gasteiger partial charge on any atom is -0.493 e. The number of nitro benzene ring substituents is 1. The predicted octanol–water partition coefficient (Wildman–Crippen LogP) is 3.48. The molecule has 0 aliphatic rings. The molecule has 2 aromatic carbocycles. The molecular weight excluding hydrogens is 326 g/mol. The van der Waals surface area contributed by atoms with E-state index >= 15 is 0 Å². The van der Waals surface area contributed by atoms with Gasteiger partial charge in [-0.25, -0.2) is 4.79 Å². The summed E-state index contributed by atoms with van der Waals surface area (Å²) in [6.45, 7) is 0. The first-order valence-corrected chi connectivity index (χ1v) is 6.72. The van der Waals surface area contributed by atoms with Crippen LogP contribution in [-0.4, -0.2) is 25.1 Å². The van der Waals surface area contributed by atoms with Crippen LogP contribution in [-0.2, 0) is 0 Å². The van der Waals surface area contributed by atoms with Crippen LogP contribution in [0, 0.1) is 10.1 Å². The molecule has 0 spiro atoms. The lowest BCUT2D eigenvalue weighted by atomic mass is 10.2. The SMILES string of the molecule is COc1cccc(OC)c1OC(=O)c1ccc([N+](=O)[O-])cc1Cl. The predicted molar refractivity (Wildman–Crippen MR) is 82.6 cm³/mol. The van der Waals surface area contributed by atoms with Crippen molar-refractivity contribution < 1.29 is 23.9 Å². The summed E-state index contributed by atoms with van der Waals surface area (Å²) in [5.74, 6) is -0.0870. The van der Waals surface area contributed by atoms with Gasteiger partial charge in [0.25, 0.3) is 5.69 Å². The standard InChI is InChI=1S/C15H12ClNO6/c1-21-12-4-3-5-13(22-2)14(12)23-15(18)10-7-6-9(17(19)20)8-11(10)16/h3-8H,1-2H3. The van der Waals surface area contributed by atoms with Crippen molar-refractivity contribution >= 4 is 23.3 Å². The van der Waals surface area contributed by atoms with Crippen LogP contribution in [0.25, 0.3) is 0 Å². The lowest BCUT2D eigenvalue weighted by Gasteiger charge is -2.13. The van der Waals surface area contributed by atoms with Crippen molar-refractivity contribution in [3.8, 4) is 17.2 Å². The average molecular weight is 338 g/mol. The van der Waals surface area contributed by atoms with Crippen LogP contribution in [0.3, 0.4) is 0 Å². The molecule has 7 nitrogen and oxygen atoms in total. The highest BCUT2D eigenvalue weighted by Crippen LogP contribution is 2.37. The molecule has 0 aliphatic heterocycles. The summed E-state index contributed by atoms with van der Waals surface area (Å²) < 4.78 is 15.5. The lowest BCUT2D eigenvalue weighted by molar-refractivity contribution is -0.384. The van der Waals surface area contributed by atoms with Gasteiger partial charge in [-0.05, 0) is 18.2 Å². The lowest BCUT2D eigenvalue weighted by Crippen LogP contribution is -2.11. The molecule has 0 unspecified atom stereocenters. The van der Waals surface area contributed by atoms with Crippen LogP contribution < -0.4 is 14.2 Å². The smallest absolute Gasteiger partial charge is 0.345 e. The van der Waals surface area contributed by atoms with E-state index in [1.54, 1.807) is 18.2 Å². The second-order valence-electron chi connectivity index (χ2n) is 4.30. The molecule has 0 radical (unpaired) electrons. The number of non-ortho nitro benzene ring substituents is 1. The number of nitrogens with zero attached hydrogens (tertiary/aromatic N) is 1. The Hall–Kier alpha value is -2.80. The van der Waals surface area contributed by atoms with Gasteiger partial charge in [-0.1, -0.05) is 17.7 Å². The van der Waals surface area contributed by atoms with Crippen molar-refractivity contribution in [3.05, 3.63) is 57.1 Å². The topological polar surface area (TPSA) is 87.9 Å². The van der Waals surface area contributed by atoms with Crippen molar-refractivity contribution in [2.75, 3.05) is 14.2 Å². The zero-order valence-electron chi connectivity index (χ0n) is 12.2. The molecule has 0 fully saturated rings. The first kappa shape index (κ1) is 16.6. The van der Waals surface area contributed by atoms with Gasteiger partial charge in [-0.3, -0.25) is 10.1 Å². The summed E-state index contributed by atoms with van der Waals surface area (Å²) in [5.41, 5.74) is -0.230.